The monoisotopic (exact) mass is 666 g/mol. The summed E-state index contributed by atoms with van der Waals surface area (Å²) in [6.45, 7) is 3.14. The summed E-state index contributed by atoms with van der Waals surface area (Å²) in [5.74, 6) is 1.34. The minimum atomic E-state index is -3.32. The van der Waals surface area contributed by atoms with E-state index in [9.17, 15) is 13.2 Å². The maximum atomic E-state index is 13.6. The Hall–Kier alpha value is -3.70. The third-order valence-corrected chi connectivity index (χ3v) is 8.76. The molecule has 2 amide bonds. The smallest absolute Gasteiger partial charge is 0.322 e. The van der Waals surface area contributed by atoms with E-state index < -0.39 is 10.0 Å². The number of piperidine rings is 1. The van der Waals surface area contributed by atoms with Crippen molar-refractivity contribution < 1.29 is 17.9 Å². The summed E-state index contributed by atoms with van der Waals surface area (Å²) in [6.07, 6.45) is 4.94. The molecule has 238 valence electrons. The highest BCUT2D eigenvalue weighted by molar-refractivity contribution is 7.98. The number of benzene rings is 4. The second kappa shape index (κ2) is 16.0. The van der Waals surface area contributed by atoms with Gasteiger partial charge < -0.3 is 10.1 Å². The van der Waals surface area contributed by atoms with Gasteiger partial charge in [0.2, 0.25) is 10.0 Å². The Labute approximate surface area is 276 Å². The van der Waals surface area contributed by atoms with Crippen molar-refractivity contribution in [2.75, 3.05) is 35.2 Å². The number of rotatable bonds is 11. The lowest BCUT2D eigenvalue weighted by Gasteiger charge is -2.34. The van der Waals surface area contributed by atoms with Gasteiger partial charge in [0.15, 0.2) is 0 Å². The molecule has 45 heavy (non-hydrogen) atoms. The first-order valence-corrected chi connectivity index (χ1v) is 17.7. The number of thioether (sulfide) groups is 1. The number of amides is 2. The zero-order valence-corrected chi connectivity index (χ0v) is 27.8. The van der Waals surface area contributed by atoms with Crippen molar-refractivity contribution in [1.29, 1.82) is 0 Å². The fourth-order valence-corrected chi connectivity index (χ4v) is 6.19. The van der Waals surface area contributed by atoms with Crippen LogP contribution in [0.4, 0.5) is 16.2 Å². The average molecular weight is 667 g/mol. The molecular weight excluding hydrogens is 628 g/mol. The fourth-order valence-electron chi connectivity index (χ4n) is 5.17. The van der Waals surface area contributed by atoms with E-state index in [2.05, 4.69) is 51.3 Å². The lowest BCUT2D eigenvalue weighted by atomic mass is 10.0. The normalized spacial score (nSPS) is 13.8. The number of likely N-dealkylation sites (tertiary alicyclic amines) is 1. The molecule has 0 atom stereocenters. The van der Waals surface area contributed by atoms with E-state index in [-0.39, 0.29) is 24.5 Å². The van der Waals surface area contributed by atoms with Crippen LogP contribution in [0.15, 0.2) is 108 Å². The number of hydrogen-bond donors (Lipinski definition) is 2. The van der Waals surface area contributed by atoms with Crippen LogP contribution in [0.3, 0.4) is 0 Å². The number of nitrogens with zero attached hydrogens (tertiary/aromatic N) is 2. The molecule has 4 aromatic carbocycles. The van der Waals surface area contributed by atoms with Gasteiger partial charge in [0, 0.05) is 41.9 Å². The first kappa shape index (κ1) is 34.2. The topological polar surface area (TPSA) is 91.0 Å². The molecule has 0 spiro atoms. The van der Waals surface area contributed by atoms with Gasteiger partial charge in [-0.3, -0.25) is 14.5 Å². The summed E-state index contributed by atoms with van der Waals surface area (Å²) in [5.41, 5.74) is 3.66. The summed E-state index contributed by atoms with van der Waals surface area (Å²) in [4.78, 5) is 19.0. The second-order valence-corrected chi connectivity index (χ2v) is 13.5. The van der Waals surface area contributed by atoms with Crippen LogP contribution in [0.5, 0.6) is 11.5 Å². The number of ether oxygens (including phenoxy) is 1. The molecule has 0 aromatic heterocycles. The molecule has 0 unspecified atom stereocenters. The van der Waals surface area contributed by atoms with E-state index in [0.29, 0.717) is 23.7 Å². The van der Waals surface area contributed by atoms with E-state index >= 15 is 0 Å². The van der Waals surface area contributed by atoms with Crippen molar-refractivity contribution in [2.45, 2.75) is 36.9 Å². The standard InChI is InChI=1S/C34H38N4O4S2.ClH/c1-43-33-10-6-9-30(23-33)38(25-26-7-4-3-5-8-26)34(39)35-28-19-21-37(22-20-28)24-27-11-15-31(16-12-27)42-32-17-13-29(14-18-32)36-44(2,40)41;/h3-18,23,28,36H,19-22,24-25H2,1-2H3,(H,35,39);1H. The molecule has 0 saturated carbocycles. The molecule has 4 aromatic rings. The summed E-state index contributed by atoms with van der Waals surface area (Å²) < 4.78 is 31.2. The summed E-state index contributed by atoms with van der Waals surface area (Å²) in [5, 5.41) is 3.31. The van der Waals surface area contributed by atoms with Gasteiger partial charge in [0.1, 0.15) is 11.5 Å². The molecular formula is C34H39ClN4O4S2. The Bertz CT molecular complexity index is 1630. The molecule has 2 N–H and O–H groups in total. The Morgan fingerprint density at radius 1 is 0.889 bits per heavy atom. The maximum absolute atomic E-state index is 13.6. The Balaban J connectivity index is 0.00000461. The molecule has 0 aliphatic carbocycles. The Morgan fingerprint density at radius 2 is 1.53 bits per heavy atom. The first-order chi connectivity index (χ1) is 21.2. The second-order valence-electron chi connectivity index (χ2n) is 10.9. The van der Waals surface area contributed by atoms with Crippen LogP contribution in [0, 0.1) is 0 Å². The van der Waals surface area contributed by atoms with Gasteiger partial charge in [-0.25, -0.2) is 13.2 Å². The molecule has 1 heterocycles. The molecule has 1 fully saturated rings. The molecule has 8 nitrogen and oxygen atoms in total. The van der Waals surface area contributed by atoms with E-state index in [1.165, 1.54) is 5.56 Å². The molecule has 5 rings (SSSR count). The van der Waals surface area contributed by atoms with Crippen LogP contribution in [-0.4, -0.2) is 51.0 Å². The molecule has 1 saturated heterocycles. The zero-order chi connectivity index (χ0) is 30.9. The van der Waals surface area contributed by atoms with Crippen molar-refractivity contribution >= 4 is 51.6 Å². The number of carbonyl (C=O) groups is 1. The van der Waals surface area contributed by atoms with Gasteiger partial charge in [0.05, 0.1) is 12.8 Å². The minimum absolute atomic E-state index is 0. The highest BCUT2D eigenvalue weighted by Gasteiger charge is 2.24. The quantitative estimate of drug-likeness (QED) is 0.162. The number of halogens is 1. The lowest BCUT2D eigenvalue weighted by Crippen LogP contribution is -2.49. The minimum Gasteiger partial charge on any atom is -0.457 e. The maximum Gasteiger partial charge on any atom is 0.322 e. The molecule has 11 heteroatoms. The largest absolute Gasteiger partial charge is 0.457 e. The van der Waals surface area contributed by atoms with Crippen molar-refractivity contribution in [1.82, 2.24) is 10.2 Å². The van der Waals surface area contributed by atoms with Crippen LogP contribution >= 0.6 is 24.2 Å². The van der Waals surface area contributed by atoms with Crippen LogP contribution in [0.2, 0.25) is 0 Å². The lowest BCUT2D eigenvalue weighted by molar-refractivity contribution is 0.188. The number of sulfonamides is 1. The third kappa shape index (κ3) is 10.4. The molecule has 0 bridgehead atoms. The molecule has 1 aliphatic heterocycles. The van der Waals surface area contributed by atoms with Gasteiger partial charge in [-0.15, -0.1) is 24.2 Å². The summed E-state index contributed by atoms with van der Waals surface area (Å²) in [6, 6.07) is 33.1. The van der Waals surface area contributed by atoms with E-state index in [1.54, 1.807) is 36.0 Å². The van der Waals surface area contributed by atoms with Crippen LogP contribution in [0.25, 0.3) is 0 Å². The summed E-state index contributed by atoms with van der Waals surface area (Å²) in [7, 11) is -3.32. The SMILES string of the molecule is CSc1cccc(N(Cc2ccccc2)C(=O)NC2CCN(Cc3ccc(Oc4ccc(NS(C)(=O)=O)cc4)cc3)CC2)c1.Cl. The van der Waals surface area contributed by atoms with Crippen molar-refractivity contribution in [3.05, 3.63) is 114 Å². The number of anilines is 2. The van der Waals surface area contributed by atoms with Crippen molar-refractivity contribution in [2.24, 2.45) is 0 Å². The van der Waals surface area contributed by atoms with Gasteiger partial charge >= 0.3 is 6.03 Å². The number of hydrogen-bond acceptors (Lipinski definition) is 6. The van der Waals surface area contributed by atoms with Gasteiger partial charge in [0.25, 0.3) is 0 Å². The number of urea groups is 1. The van der Waals surface area contributed by atoms with Crippen molar-refractivity contribution in [3.63, 3.8) is 0 Å². The number of nitrogens with one attached hydrogen (secondary N) is 2. The predicted molar refractivity (Wildman–Crippen MR) is 186 cm³/mol. The van der Waals surface area contributed by atoms with Gasteiger partial charge in [-0.1, -0.05) is 48.5 Å². The van der Waals surface area contributed by atoms with Crippen molar-refractivity contribution in [3.8, 4) is 11.5 Å². The predicted octanol–water partition coefficient (Wildman–Crippen LogP) is 7.37. The Kier molecular flexibility index (Phi) is 12.2. The van der Waals surface area contributed by atoms with E-state index in [4.69, 9.17) is 4.74 Å². The fraction of sp³-hybridized carbons (Fsp3) is 0.265. The van der Waals surface area contributed by atoms with E-state index in [0.717, 1.165) is 54.9 Å². The molecule has 1 aliphatic rings. The molecule has 0 radical (unpaired) electrons. The first-order valence-electron chi connectivity index (χ1n) is 14.6. The average Bonchev–Trinajstić information content (AvgIpc) is 3.02. The zero-order valence-electron chi connectivity index (χ0n) is 25.4. The summed E-state index contributed by atoms with van der Waals surface area (Å²) >= 11 is 1.67. The van der Waals surface area contributed by atoms with Crippen LogP contribution in [0.1, 0.15) is 24.0 Å². The van der Waals surface area contributed by atoms with Gasteiger partial charge in [-0.2, -0.15) is 0 Å². The Morgan fingerprint density at radius 3 is 2.16 bits per heavy atom. The van der Waals surface area contributed by atoms with Crippen LogP contribution in [-0.2, 0) is 23.1 Å². The third-order valence-electron chi connectivity index (χ3n) is 7.43. The van der Waals surface area contributed by atoms with Crippen LogP contribution < -0.4 is 19.7 Å². The van der Waals surface area contributed by atoms with E-state index in [1.807, 2.05) is 53.6 Å². The number of carbonyl (C=O) groups excluding carboxylic acids is 1. The highest BCUT2D eigenvalue weighted by atomic mass is 35.5. The van der Waals surface area contributed by atoms with Gasteiger partial charge in [-0.05, 0) is 84.8 Å². The highest BCUT2D eigenvalue weighted by Crippen LogP contribution is 2.26.